The Bertz CT molecular complexity index is 412. The summed E-state index contributed by atoms with van der Waals surface area (Å²) in [6, 6.07) is 2.84. The van der Waals surface area contributed by atoms with Gasteiger partial charge >= 0.3 is 64.3 Å². The summed E-state index contributed by atoms with van der Waals surface area (Å²) in [6.07, 6.45) is 0. The van der Waals surface area contributed by atoms with E-state index in [1.54, 1.807) is 0 Å². The van der Waals surface area contributed by atoms with Gasteiger partial charge in [-0.1, -0.05) is 23.1 Å². The largest absolute Gasteiger partial charge is 1.00 e. The minimum Gasteiger partial charge on any atom is -0.462 e. The number of carbonyl (C=O) groups excluding carboxylic acids is 1. The predicted molar refractivity (Wildman–Crippen MR) is 56.1 cm³/mol. The molecule has 1 rings (SSSR count). The van der Waals surface area contributed by atoms with Gasteiger partial charge in [0.1, 0.15) is 0 Å². The summed E-state index contributed by atoms with van der Waals surface area (Å²) in [7, 11) is 0. The fraction of sp³-hybridized carbons (Fsp3) is 0.222. The van der Waals surface area contributed by atoms with E-state index in [0.717, 1.165) is 18.2 Å². The molecule has 8 heteroatoms. The number of rotatable bonds is 3. The average molecular weight is 291 g/mol. The predicted octanol–water partition coefficient (Wildman–Crippen LogP) is -0.425. The van der Waals surface area contributed by atoms with Crippen molar-refractivity contribution in [1.82, 2.24) is 0 Å². The van der Waals surface area contributed by atoms with Crippen LogP contribution in [0.15, 0.2) is 18.2 Å². The molecule has 0 fully saturated rings. The number of carbonyl (C=O) groups is 1. The van der Waals surface area contributed by atoms with Gasteiger partial charge in [-0.3, -0.25) is 0 Å². The van der Waals surface area contributed by atoms with Gasteiger partial charge in [-0.15, -0.1) is 0 Å². The smallest absolute Gasteiger partial charge is 0.462 e. The van der Waals surface area contributed by atoms with Crippen LogP contribution in [0, 0.1) is 0 Å². The summed E-state index contributed by atoms with van der Waals surface area (Å²) in [4.78, 5) is 11.3. The van der Waals surface area contributed by atoms with Gasteiger partial charge in [0, 0.05) is 10.6 Å². The van der Waals surface area contributed by atoms with Crippen LogP contribution in [0.2, 0.25) is 5.02 Å². The molecule has 0 saturated carbocycles. The second-order valence-corrected chi connectivity index (χ2v) is 3.46. The number of hydrogen-bond donors (Lipinski definition) is 0. The van der Waals surface area contributed by atoms with E-state index < -0.39 is 24.0 Å². The Hall–Kier alpha value is 0.471. The monoisotopic (exact) mass is 290 g/mol. The molecule has 0 aliphatic rings. The fourth-order valence-corrected chi connectivity index (χ4v) is 1.37. The molecular formula is C9H8BClF3KO2. The molecule has 0 spiro atoms. The first-order valence-electron chi connectivity index (χ1n) is 4.52. The maximum Gasteiger partial charge on any atom is 1.00 e. The number of benzene rings is 1. The second kappa shape index (κ2) is 7.16. The molecular weight excluding hydrogens is 282 g/mol. The Morgan fingerprint density at radius 2 is 2.00 bits per heavy atom. The van der Waals surface area contributed by atoms with Crippen LogP contribution in [-0.4, -0.2) is 19.6 Å². The first-order valence-corrected chi connectivity index (χ1v) is 4.90. The topological polar surface area (TPSA) is 26.3 Å². The summed E-state index contributed by atoms with van der Waals surface area (Å²) < 4.78 is 42.3. The van der Waals surface area contributed by atoms with Crippen LogP contribution in [0.5, 0.6) is 0 Å². The van der Waals surface area contributed by atoms with Crippen molar-refractivity contribution in [2.75, 3.05) is 6.61 Å². The van der Waals surface area contributed by atoms with Crippen molar-refractivity contribution in [3.05, 3.63) is 28.8 Å². The molecule has 0 aromatic heterocycles. The molecule has 0 saturated heterocycles. The summed E-state index contributed by atoms with van der Waals surface area (Å²) in [6.45, 7) is -3.73. The second-order valence-electron chi connectivity index (χ2n) is 3.03. The standard InChI is InChI=1S/C9H8BClF3O2.K/c1-2-16-9(15)7-5-6(11)3-4-8(7)10(12,13)14;/h3-5H,2H2,1H3;/q-1;+1. The third-order valence-electron chi connectivity index (χ3n) is 1.86. The van der Waals surface area contributed by atoms with E-state index in [1.807, 2.05) is 0 Å². The molecule has 0 unspecified atom stereocenters. The Balaban J connectivity index is 0.00000256. The fourth-order valence-electron chi connectivity index (χ4n) is 1.20. The molecule has 88 valence electrons. The quantitative estimate of drug-likeness (QED) is 0.558. The van der Waals surface area contributed by atoms with Gasteiger partial charge in [0.05, 0.1) is 6.61 Å². The number of halogens is 4. The van der Waals surface area contributed by atoms with E-state index >= 15 is 0 Å². The van der Waals surface area contributed by atoms with Gasteiger partial charge in [0.25, 0.3) is 0 Å². The van der Waals surface area contributed by atoms with Gasteiger partial charge in [-0.25, -0.2) is 4.79 Å². The van der Waals surface area contributed by atoms with Crippen LogP contribution in [0.25, 0.3) is 0 Å². The minimum absolute atomic E-state index is 0. The number of hydrogen-bond acceptors (Lipinski definition) is 2. The minimum atomic E-state index is -5.26. The van der Waals surface area contributed by atoms with E-state index in [2.05, 4.69) is 4.74 Å². The molecule has 1 aromatic carbocycles. The molecule has 1 aromatic rings. The van der Waals surface area contributed by atoms with Crippen molar-refractivity contribution in [3.8, 4) is 0 Å². The SMILES string of the molecule is CCOC(=O)c1cc(Cl)ccc1[B-](F)(F)F.[K+]. The molecule has 2 nitrogen and oxygen atoms in total. The summed E-state index contributed by atoms with van der Waals surface area (Å²) >= 11 is 5.54. The molecule has 0 radical (unpaired) electrons. The van der Waals surface area contributed by atoms with Crippen molar-refractivity contribution in [2.24, 2.45) is 0 Å². The third kappa shape index (κ3) is 4.92. The van der Waals surface area contributed by atoms with Gasteiger partial charge in [0.15, 0.2) is 0 Å². The molecule has 17 heavy (non-hydrogen) atoms. The van der Waals surface area contributed by atoms with E-state index in [-0.39, 0.29) is 63.0 Å². The molecule has 0 aliphatic carbocycles. The van der Waals surface area contributed by atoms with Crippen LogP contribution in [0.3, 0.4) is 0 Å². The Labute approximate surface area is 144 Å². The Morgan fingerprint density at radius 1 is 1.41 bits per heavy atom. The third-order valence-corrected chi connectivity index (χ3v) is 2.10. The first kappa shape index (κ1) is 17.5. The van der Waals surface area contributed by atoms with Crippen molar-refractivity contribution >= 4 is 30.0 Å². The van der Waals surface area contributed by atoms with Gasteiger partial charge in [-0.2, -0.15) is 0 Å². The van der Waals surface area contributed by atoms with Crippen LogP contribution < -0.4 is 56.8 Å². The van der Waals surface area contributed by atoms with Gasteiger partial charge < -0.3 is 17.7 Å². The molecule has 0 atom stereocenters. The van der Waals surface area contributed by atoms with E-state index in [4.69, 9.17) is 11.6 Å². The van der Waals surface area contributed by atoms with Crippen molar-refractivity contribution in [1.29, 1.82) is 0 Å². The van der Waals surface area contributed by atoms with Gasteiger partial charge in [-0.05, 0) is 19.1 Å². The van der Waals surface area contributed by atoms with Crippen molar-refractivity contribution in [2.45, 2.75) is 6.92 Å². The maximum atomic E-state index is 12.6. The van der Waals surface area contributed by atoms with Crippen LogP contribution in [0.1, 0.15) is 17.3 Å². The van der Waals surface area contributed by atoms with E-state index in [1.165, 1.54) is 6.92 Å². The summed E-state index contributed by atoms with van der Waals surface area (Å²) in [5.41, 5.74) is -1.52. The van der Waals surface area contributed by atoms with Crippen LogP contribution >= 0.6 is 11.6 Å². The van der Waals surface area contributed by atoms with Crippen LogP contribution in [0.4, 0.5) is 12.9 Å². The summed E-state index contributed by atoms with van der Waals surface area (Å²) in [5.74, 6) is -1.01. The van der Waals surface area contributed by atoms with Crippen molar-refractivity contribution in [3.63, 3.8) is 0 Å². The number of ether oxygens (including phenoxy) is 1. The molecule has 0 heterocycles. The van der Waals surface area contributed by atoms with Crippen molar-refractivity contribution < 1.29 is 73.9 Å². The molecule has 0 aliphatic heterocycles. The Morgan fingerprint density at radius 3 is 2.47 bits per heavy atom. The zero-order valence-corrected chi connectivity index (χ0v) is 13.2. The van der Waals surface area contributed by atoms with Crippen LogP contribution in [-0.2, 0) is 4.74 Å². The average Bonchev–Trinajstić information content (AvgIpc) is 2.16. The number of esters is 1. The normalized spacial score (nSPS) is 10.6. The molecule has 0 bridgehead atoms. The Kier molecular flexibility index (Phi) is 7.36. The molecule has 0 N–H and O–H groups in total. The van der Waals surface area contributed by atoms with E-state index in [9.17, 15) is 17.7 Å². The summed E-state index contributed by atoms with van der Waals surface area (Å²) in [5, 5.41) is 0.0619. The van der Waals surface area contributed by atoms with Gasteiger partial charge in [0.2, 0.25) is 0 Å². The van der Waals surface area contributed by atoms with E-state index in [0.29, 0.717) is 0 Å². The zero-order chi connectivity index (χ0) is 12.3. The first-order chi connectivity index (χ1) is 7.36. The maximum absolute atomic E-state index is 12.6. The molecule has 0 amide bonds. The zero-order valence-electron chi connectivity index (χ0n) is 9.34.